The number of nitrogens with one attached hydrogen (secondary N) is 1. The fourth-order valence-electron chi connectivity index (χ4n) is 4.32. The van der Waals surface area contributed by atoms with Crippen molar-refractivity contribution in [1.82, 2.24) is 5.32 Å². The summed E-state index contributed by atoms with van der Waals surface area (Å²) >= 11 is 0. The van der Waals surface area contributed by atoms with Crippen LogP contribution >= 0.6 is 0 Å². The standard InChI is InChI=1S/C27H35NO7/c1-27(2,3)35-26(30)28-21(14-17-10-8-7-9-11-17)20-16-19(34-25(20)29)15-18-12-13-22(31-4)24(33-6)23(18)32-5/h7-13,19-21H,14-16H2,1-6H3,(H,28,30)/t19-,20-,21+/m1/s1. The number of hydrogen-bond acceptors (Lipinski definition) is 7. The Kier molecular flexibility index (Phi) is 8.48. The lowest BCUT2D eigenvalue weighted by Gasteiger charge is -2.26. The first-order valence-electron chi connectivity index (χ1n) is 11.7. The highest BCUT2D eigenvalue weighted by Crippen LogP contribution is 2.41. The lowest BCUT2D eigenvalue weighted by Crippen LogP contribution is -2.45. The van der Waals surface area contributed by atoms with Gasteiger partial charge in [0.25, 0.3) is 0 Å². The summed E-state index contributed by atoms with van der Waals surface area (Å²) in [5.74, 6) is 0.727. The molecule has 0 aromatic heterocycles. The van der Waals surface area contributed by atoms with Crippen LogP contribution < -0.4 is 19.5 Å². The number of rotatable bonds is 9. The van der Waals surface area contributed by atoms with Gasteiger partial charge in [0.1, 0.15) is 11.7 Å². The van der Waals surface area contributed by atoms with Crippen molar-refractivity contribution in [3.05, 3.63) is 53.6 Å². The van der Waals surface area contributed by atoms with Crippen LogP contribution in [0.1, 0.15) is 38.3 Å². The lowest BCUT2D eigenvalue weighted by atomic mass is 9.89. The molecule has 35 heavy (non-hydrogen) atoms. The summed E-state index contributed by atoms with van der Waals surface area (Å²) in [6, 6.07) is 12.9. The van der Waals surface area contributed by atoms with E-state index < -0.39 is 23.7 Å². The molecule has 1 aliphatic heterocycles. The third kappa shape index (κ3) is 6.81. The number of methoxy groups -OCH3 is 3. The number of carbonyl (C=O) groups is 2. The highest BCUT2D eigenvalue weighted by molar-refractivity contribution is 5.77. The van der Waals surface area contributed by atoms with E-state index in [0.29, 0.717) is 36.5 Å². The Balaban J connectivity index is 1.79. The first kappa shape index (κ1) is 26.2. The molecule has 3 rings (SSSR count). The third-order valence-corrected chi connectivity index (χ3v) is 5.82. The van der Waals surface area contributed by atoms with E-state index in [1.165, 1.54) is 0 Å². The molecule has 1 heterocycles. The number of amides is 1. The van der Waals surface area contributed by atoms with Crippen LogP contribution in [0.2, 0.25) is 0 Å². The van der Waals surface area contributed by atoms with Crippen molar-refractivity contribution in [1.29, 1.82) is 0 Å². The number of ether oxygens (including phenoxy) is 5. The highest BCUT2D eigenvalue weighted by Gasteiger charge is 2.41. The monoisotopic (exact) mass is 485 g/mol. The van der Waals surface area contributed by atoms with Crippen LogP contribution in [0.3, 0.4) is 0 Å². The van der Waals surface area contributed by atoms with E-state index in [2.05, 4.69) is 5.32 Å². The number of benzene rings is 2. The number of cyclic esters (lactones) is 1. The van der Waals surface area contributed by atoms with Crippen LogP contribution in [0.15, 0.2) is 42.5 Å². The van der Waals surface area contributed by atoms with Crippen molar-refractivity contribution in [2.45, 2.75) is 57.8 Å². The van der Waals surface area contributed by atoms with Crippen LogP contribution in [0.5, 0.6) is 17.2 Å². The maximum atomic E-state index is 13.0. The van der Waals surface area contributed by atoms with Crippen molar-refractivity contribution in [2.24, 2.45) is 5.92 Å². The molecule has 3 atom stereocenters. The summed E-state index contributed by atoms with van der Waals surface area (Å²) in [5, 5.41) is 2.91. The van der Waals surface area contributed by atoms with Gasteiger partial charge >= 0.3 is 12.1 Å². The van der Waals surface area contributed by atoms with Gasteiger partial charge in [-0.1, -0.05) is 36.4 Å². The normalized spacial score (nSPS) is 18.4. The van der Waals surface area contributed by atoms with Crippen molar-refractivity contribution in [3.63, 3.8) is 0 Å². The minimum atomic E-state index is -0.649. The van der Waals surface area contributed by atoms with Crippen LogP contribution in [-0.4, -0.2) is 51.1 Å². The van der Waals surface area contributed by atoms with Gasteiger partial charge in [0.05, 0.1) is 27.2 Å². The average molecular weight is 486 g/mol. The molecule has 2 aromatic rings. The Morgan fingerprint density at radius 1 is 1.03 bits per heavy atom. The highest BCUT2D eigenvalue weighted by atomic mass is 16.6. The summed E-state index contributed by atoms with van der Waals surface area (Å²) in [6.07, 6.45) is 0.432. The second-order valence-corrected chi connectivity index (χ2v) is 9.54. The predicted molar refractivity (Wildman–Crippen MR) is 131 cm³/mol. The van der Waals surface area contributed by atoms with E-state index in [9.17, 15) is 9.59 Å². The zero-order valence-electron chi connectivity index (χ0n) is 21.3. The van der Waals surface area contributed by atoms with Crippen LogP contribution in [0, 0.1) is 5.92 Å². The quantitative estimate of drug-likeness (QED) is 0.529. The van der Waals surface area contributed by atoms with Gasteiger partial charge in [0.2, 0.25) is 5.75 Å². The molecule has 0 spiro atoms. The molecule has 0 aliphatic carbocycles. The fourth-order valence-corrected chi connectivity index (χ4v) is 4.32. The SMILES string of the molecule is COc1ccc(C[C@@H]2C[C@H]([C@H](Cc3ccccc3)NC(=O)OC(C)(C)C)C(=O)O2)c(OC)c1OC. The second kappa shape index (κ2) is 11.3. The molecule has 190 valence electrons. The van der Waals surface area contributed by atoms with E-state index in [1.807, 2.05) is 36.4 Å². The fraction of sp³-hybridized carbons (Fsp3) is 0.481. The third-order valence-electron chi connectivity index (χ3n) is 5.82. The Labute approximate surface area is 206 Å². The van der Waals surface area contributed by atoms with Crippen molar-refractivity contribution >= 4 is 12.1 Å². The minimum Gasteiger partial charge on any atom is -0.493 e. The van der Waals surface area contributed by atoms with E-state index in [4.69, 9.17) is 23.7 Å². The van der Waals surface area contributed by atoms with Gasteiger partial charge in [-0.25, -0.2) is 4.79 Å². The van der Waals surface area contributed by atoms with E-state index in [1.54, 1.807) is 48.2 Å². The zero-order chi connectivity index (χ0) is 25.6. The molecule has 1 saturated heterocycles. The lowest BCUT2D eigenvalue weighted by molar-refractivity contribution is -0.144. The molecule has 8 nitrogen and oxygen atoms in total. The molecule has 0 unspecified atom stereocenters. The Bertz CT molecular complexity index is 1020. The second-order valence-electron chi connectivity index (χ2n) is 9.54. The molecule has 1 fully saturated rings. The number of esters is 1. The largest absolute Gasteiger partial charge is 0.493 e. The molecule has 2 aromatic carbocycles. The maximum Gasteiger partial charge on any atom is 0.407 e. The summed E-state index contributed by atoms with van der Waals surface area (Å²) in [7, 11) is 4.67. The van der Waals surface area contributed by atoms with E-state index in [0.717, 1.165) is 11.1 Å². The molecule has 1 amide bonds. The van der Waals surface area contributed by atoms with Gasteiger partial charge < -0.3 is 29.0 Å². The van der Waals surface area contributed by atoms with Gasteiger partial charge in [0, 0.05) is 18.0 Å². The summed E-state index contributed by atoms with van der Waals surface area (Å²) in [6.45, 7) is 5.40. The first-order valence-corrected chi connectivity index (χ1v) is 11.7. The van der Waals surface area contributed by atoms with Crippen molar-refractivity contribution in [3.8, 4) is 17.2 Å². The molecule has 0 bridgehead atoms. The Morgan fingerprint density at radius 3 is 2.31 bits per heavy atom. The molecular formula is C27H35NO7. The van der Waals surface area contributed by atoms with Gasteiger partial charge in [-0.3, -0.25) is 4.79 Å². The van der Waals surface area contributed by atoms with Gasteiger partial charge in [-0.05, 0) is 45.2 Å². The summed E-state index contributed by atoms with van der Waals surface area (Å²) in [5.41, 5.74) is 1.19. The van der Waals surface area contributed by atoms with Gasteiger partial charge in [-0.2, -0.15) is 0 Å². The first-order chi connectivity index (χ1) is 16.6. The van der Waals surface area contributed by atoms with Crippen molar-refractivity contribution in [2.75, 3.05) is 21.3 Å². The van der Waals surface area contributed by atoms with E-state index in [-0.39, 0.29) is 12.1 Å². The molecule has 1 aliphatic rings. The van der Waals surface area contributed by atoms with Crippen LogP contribution in [0.25, 0.3) is 0 Å². The molecule has 0 radical (unpaired) electrons. The molecule has 0 saturated carbocycles. The molecular weight excluding hydrogens is 450 g/mol. The topological polar surface area (TPSA) is 92.3 Å². The summed E-state index contributed by atoms with van der Waals surface area (Å²) in [4.78, 5) is 25.5. The van der Waals surface area contributed by atoms with Crippen molar-refractivity contribution < 1.29 is 33.3 Å². The van der Waals surface area contributed by atoms with E-state index >= 15 is 0 Å². The average Bonchev–Trinajstić information content (AvgIpc) is 3.17. The predicted octanol–water partition coefficient (Wildman–Crippen LogP) is 4.32. The van der Waals surface area contributed by atoms with Crippen LogP contribution in [-0.2, 0) is 27.1 Å². The number of alkyl carbamates (subject to hydrolysis) is 1. The van der Waals surface area contributed by atoms with Gasteiger partial charge in [0.15, 0.2) is 11.5 Å². The van der Waals surface area contributed by atoms with Gasteiger partial charge in [-0.15, -0.1) is 0 Å². The number of carbonyl (C=O) groups excluding carboxylic acids is 2. The smallest absolute Gasteiger partial charge is 0.407 e. The molecule has 1 N–H and O–H groups in total. The molecule has 8 heteroatoms. The Hall–Kier alpha value is -3.42. The number of hydrogen-bond donors (Lipinski definition) is 1. The minimum absolute atomic E-state index is 0.341. The zero-order valence-corrected chi connectivity index (χ0v) is 21.3. The summed E-state index contributed by atoms with van der Waals surface area (Å²) < 4.78 is 27.6. The Morgan fingerprint density at radius 2 is 1.71 bits per heavy atom. The maximum absolute atomic E-state index is 13.0. The van der Waals surface area contributed by atoms with Crippen LogP contribution in [0.4, 0.5) is 4.79 Å².